The lowest BCUT2D eigenvalue weighted by Crippen LogP contribution is -2.27. The third-order valence-electron chi connectivity index (χ3n) is 3.62. The van der Waals surface area contributed by atoms with E-state index < -0.39 is 0 Å². The van der Waals surface area contributed by atoms with Crippen molar-refractivity contribution in [1.82, 2.24) is 4.90 Å². The normalized spacial score (nSPS) is 17.8. The van der Waals surface area contributed by atoms with Crippen LogP contribution in [0.2, 0.25) is 0 Å². The van der Waals surface area contributed by atoms with E-state index in [2.05, 4.69) is 21.2 Å². The molecular formula is C16H15BrN2O3. The van der Waals surface area contributed by atoms with Gasteiger partial charge in [0, 0.05) is 23.1 Å². The molecule has 0 aliphatic carbocycles. The van der Waals surface area contributed by atoms with Crippen LogP contribution in [0.4, 0.5) is 5.69 Å². The lowest BCUT2D eigenvalue weighted by atomic mass is 10.1. The summed E-state index contributed by atoms with van der Waals surface area (Å²) in [6.07, 6.45) is 1.82. The fourth-order valence-electron chi connectivity index (χ4n) is 2.47. The quantitative estimate of drug-likeness (QED) is 0.908. The summed E-state index contributed by atoms with van der Waals surface area (Å²) in [6, 6.07) is 11.0. The predicted octanol–water partition coefficient (Wildman–Crippen LogP) is 3.03. The summed E-state index contributed by atoms with van der Waals surface area (Å²) in [5.41, 5.74) is 0.727. The highest BCUT2D eigenvalue weighted by Gasteiger charge is 2.34. The van der Waals surface area contributed by atoms with Crippen LogP contribution in [0.15, 0.2) is 51.6 Å². The van der Waals surface area contributed by atoms with E-state index >= 15 is 0 Å². The first-order valence-corrected chi connectivity index (χ1v) is 7.78. The highest BCUT2D eigenvalue weighted by atomic mass is 79.9. The van der Waals surface area contributed by atoms with Crippen molar-refractivity contribution >= 4 is 33.4 Å². The fourth-order valence-corrected chi connectivity index (χ4v) is 2.73. The number of hydrogen-bond acceptors (Lipinski definition) is 3. The number of rotatable bonds is 4. The van der Waals surface area contributed by atoms with E-state index in [1.165, 1.54) is 0 Å². The van der Waals surface area contributed by atoms with Crippen LogP contribution < -0.4 is 5.32 Å². The molecule has 1 aromatic heterocycles. The summed E-state index contributed by atoms with van der Waals surface area (Å²) >= 11 is 3.35. The largest absolute Gasteiger partial charge is 0.467 e. The number of hydrogen-bond donors (Lipinski definition) is 1. The highest BCUT2D eigenvalue weighted by molar-refractivity contribution is 9.10. The summed E-state index contributed by atoms with van der Waals surface area (Å²) in [7, 11) is 0. The van der Waals surface area contributed by atoms with E-state index in [4.69, 9.17) is 4.42 Å². The van der Waals surface area contributed by atoms with Crippen LogP contribution in [0, 0.1) is 5.92 Å². The molecule has 5 nitrogen and oxygen atoms in total. The fraction of sp³-hybridized carbons (Fsp3) is 0.250. The van der Waals surface area contributed by atoms with Crippen molar-refractivity contribution < 1.29 is 14.0 Å². The molecule has 22 heavy (non-hydrogen) atoms. The number of furan rings is 1. The van der Waals surface area contributed by atoms with Crippen molar-refractivity contribution in [2.75, 3.05) is 11.9 Å². The maximum Gasteiger partial charge on any atom is 0.229 e. The molecule has 1 fully saturated rings. The number of carbonyl (C=O) groups excluding carboxylic acids is 2. The lowest BCUT2D eigenvalue weighted by Gasteiger charge is -2.15. The molecule has 0 radical (unpaired) electrons. The first-order chi connectivity index (χ1) is 10.6. The van der Waals surface area contributed by atoms with Gasteiger partial charge in [0.15, 0.2) is 0 Å². The van der Waals surface area contributed by atoms with Crippen molar-refractivity contribution in [3.05, 3.63) is 52.9 Å². The van der Waals surface area contributed by atoms with E-state index in [0.29, 0.717) is 13.1 Å². The SMILES string of the molecule is O=C(Nc1ccc(Br)cc1)[C@H]1CC(=O)N(Cc2ccco2)C1. The van der Waals surface area contributed by atoms with Crippen molar-refractivity contribution in [2.24, 2.45) is 5.92 Å². The minimum atomic E-state index is -0.328. The second-order valence-electron chi connectivity index (χ2n) is 5.25. The number of carbonyl (C=O) groups is 2. The first kappa shape index (κ1) is 14.8. The average Bonchev–Trinajstić information content (AvgIpc) is 3.13. The first-order valence-electron chi connectivity index (χ1n) is 6.98. The van der Waals surface area contributed by atoms with Crippen LogP contribution in [0.25, 0.3) is 0 Å². The zero-order valence-corrected chi connectivity index (χ0v) is 13.4. The van der Waals surface area contributed by atoms with Gasteiger partial charge in [0.25, 0.3) is 0 Å². The summed E-state index contributed by atoms with van der Waals surface area (Å²) < 4.78 is 6.20. The molecule has 114 valence electrons. The number of amides is 2. The second-order valence-corrected chi connectivity index (χ2v) is 6.17. The van der Waals surface area contributed by atoms with Crippen molar-refractivity contribution in [3.63, 3.8) is 0 Å². The van der Waals surface area contributed by atoms with Crippen LogP contribution in [0.1, 0.15) is 12.2 Å². The molecule has 1 aliphatic rings. The Labute approximate surface area is 136 Å². The molecule has 0 spiro atoms. The zero-order chi connectivity index (χ0) is 15.5. The van der Waals surface area contributed by atoms with E-state index in [0.717, 1.165) is 15.9 Å². The Balaban J connectivity index is 1.60. The van der Waals surface area contributed by atoms with Gasteiger partial charge in [-0.2, -0.15) is 0 Å². The van der Waals surface area contributed by atoms with Gasteiger partial charge in [-0.05, 0) is 36.4 Å². The molecule has 2 aromatic rings. The van der Waals surface area contributed by atoms with Crippen molar-refractivity contribution in [2.45, 2.75) is 13.0 Å². The van der Waals surface area contributed by atoms with Gasteiger partial charge in [-0.1, -0.05) is 15.9 Å². The van der Waals surface area contributed by atoms with Crippen LogP contribution in [0.5, 0.6) is 0 Å². The molecule has 3 rings (SSSR count). The molecule has 1 aliphatic heterocycles. The molecule has 1 atom stereocenters. The summed E-state index contributed by atoms with van der Waals surface area (Å²) in [6.45, 7) is 0.829. The minimum Gasteiger partial charge on any atom is -0.467 e. The Morgan fingerprint density at radius 2 is 2.09 bits per heavy atom. The minimum absolute atomic E-state index is 0.0210. The summed E-state index contributed by atoms with van der Waals surface area (Å²) in [4.78, 5) is 25.9. The van der Waals surface area contributed by atoms with Crippen LogP contribution >= 0.6 is 15.9 Å². The van der Waals surface area contributed by atoms with E-state index in [-0.39, 0.29) is 24.2 Å². The van der Waals surface area contributed by atoms with Crippen molar-refractivity contribution in [3.8, 4) is 0 Å². The van der Waals surface area contributed by atoms with Crippen molar-refractivity contribution in [1.29, 1.82) is 0 Å². The van der Waals surface area contributed by atoms with Crippen LogP contribution in [0.3, 0.4) is 0 Å². The zero-order valence-electron chi connectivity index (χ0n) is 11.8. The number of anilines is 1. The maximum absolute atomic E-state index is 12.3. The van der Waals surface area contributed by atoms with Gasteiger partial charge in [-0.15, -0.1) is 0 Å². The van der Waals surface area contributed by atoms with Gasteiger partial charge in [0.1, 0.15) is 5.76 Å². The number of likely N-dealkylation sites (tertiary alicyclic amines) is 1. The van der Waals surface area contributed by atoms with E-state index in [1.54, 1.807) is 17.2 Å². The predicted molar refractivity (Wildman–Crippen MR) is 85.0 cm³/mol. The molecule has 0 bridgehead atoms. The van der Waals surface area contributed by atoms with Gasteiger partial charge in [-0.3, -0.25) is 9.59 Å². The summed E-state index contributed by atoms with van der Waals surface area (Å²) in [5.74, 6) is 0.249. The Bertz CT molecular complexity index is 667. The molecule has 1 saturated heterocycles. The van der Waals surface area contributed by atoms with E-state index in [9.17, 15) is 9.59 Å². The highest BCUT2D eigenvalue weighted by Crippen LogP contribution is 2.22. The molecule has 6 heteroatoms. The topological polar surface area (TPSA) is 62.6 Å². The number of benzene rings is 1. The molecule has 2 heterocycles. The Morgan fingerprint density at radius 3 is 2.77 bits per heavy atom. The Hall–Kier alpha value is -2.08. The molecule has 0 unspecified atom stereocenters. The van der Waals surface area contributed by atoms with Gasteiger partial charge in [0.05, 0.1) is 18.7 Å². The lowest BCUT2D eigenvalue weighted by molar-refractivity contribution is -0.128. The van der Waals surface area contributed by atoms with Crippen LogP contribution in [-0.2, 0) is 16.1 Å². The monoisotopic (exact) mass is 362 g/mol. The third kappa shape index (κ3) is 3.39. The maximum atomic E-state index is 12.3. The van der Waals surface area contributed by atoms with Gasteiger partial charge < -0.3 is 14.6 Å². The summed E-state index contributed by atoms with van der Waals surface area (Å²) in [5, 5.41) is 2.85. The number of nitrogens with zero attached hydrogens (tertiary/aromatic N) is 1. The van der Waals surface area contributed by atoms with Gasteiger partial charge in [0.2, 0.25) is 11.8 Å². The third-order valence-corrected chi connectivity index (χ3v) is 4.15. The second kappa shape index (κ2) is 6.36. The van der Waals surface area contributed by atoms with Gasteiger partial charge >= 0.3 is 0 Å². The molecule has 1 N–H and O–H groups in total. The number of halogens is 1. The molecule has 0 saturated carbocycles. The standard InChI is InChI=1S/C16H15BrN2O3/c17-12-3-5-13(6-4-12)18-16(21)11-8-15(20)19(9-11)10-14-2-1-7-22-14/h1-7,11H,8-10H2,(H,18,21)/t11-/m0/s1. The van der Waals surface area contributed by atoms with E-state index in [1.807, 2.05) is 30.3 Å². The Kier molecular flexibility index (Phi) is 4.29. The average molecular weight is 363 g/mol. The smallest absolute Gasteiger partial charge is 0.229 e. The molecule has 2 amide bonds. The molecule has 1 aromatic carbocycles. The number of nitrogens with one attached hydrogen (secondary N) is 1. The van der Waals surface area contributed by atoms with Gasteiger partial charge in [-0.25, -0.2) is 0 Å². The van der Waals surface area contributed by atoms with Crippen LogP contribution in [-0.4, -0.2) is 23.3 Å². The molecular weight excluding hydrogens is 348 g/mol. The Morgan fingerprint density at radius 1 is 1.32 bits per heavy atom.